The number of nitrogens with zero attached hydrogens (tertiary/aromatic N) is 1. The molecule has 0 saturated carbocycles. The molecule has 0 aliphatic rings. The van der Waals surface area contributed by atoms with Crippen molar-refractivity contribution in [2.24, 2.45) is 0 Å². The van der Waals surface area contributed by atoms with Gasteiger partial charge in [0.15, 0.2) is 6.29 Å². The number of aromatic nitrogens is 1. The second-order valence-corrected chi connectivity index (χ2v) is 4.23. The molecule has 0 N–H and O–H groups in total. The third kappa shape index (κ3) is 2.62. The maximum absolute atomic E-state index is 13.3. The molecule has 0 amide bonds. The average molecular weight is 270 g/mol. The first kappa shape index (κ1) is 12.0. The van der Waals surface area contributed by atoms with Crippen LogP contribution in [-0.4, -0.2) is 11.3 Å². The quantitative estimate of drug-likeness (QED) is 0.609. The molecule has 0 aliphatic carbocycles. The summed E-state index contributed by atoms with van der Waals surface area (Å²) < 4.78 is 13.3. The monoisotopic (exact) mass is 269 g/mol. The zero-order chi connectivity index (χ0) is 12.4. The Labute approximate surface area is 107 Å². The first-order valence-corrected chi connectivity index (χ1v) is 5.44. The van der Waals surface area contributed by atoms with E-state index in [-0.39, 0.29) is 5.56 Å². The summed E-state index contributed by atoms with van der Waals surface area (Å²) in [7, 11) is 0. The summed E-state index contributed by atoms with van der Waals surface area (Å²) >= 11 is 11.7. The van der Waals surface area contributed by atoms with Gasteiger partial charge in [0.1, 0.15) is 0 Å². The summed E-state index contributed by atoms with van der Waals surface area (Å²) in [6.07, 6.45) is 0.414. The lowest BCUT2D eigenvalue weighted by atomic mass is 10.1. The second-order valence-electron chi connectivity index (χ2n) is 3.35. The molecule has 2 rings (SSSR count). The Bertz CT molecular complexity index is 566. The highest BCUT2D eigenvalue weighted by Crippen LogP contribution is 2.26. The summed E-state index contributed by atoms with van der Waals surface area (Å²) in [5.41, 5.74) is 0.887. The fraction of sp³-hybridized carbons (Fsp3) is 0. The Morgan fingerprint density at radius 3 is 2.29 bits per heavy atom. The Kier molecular flexibility index (Phi) is 3.41. The van der Waals surface area contributed by atoms with Crippen molar-refractivity contribution in [3.63, 3.8) is 0 Å². The second kappa shape index (κ2) is 4.82. The van der Waals surface area contributed by atoms with Gasteiger partial charge in [0.2, 0.25) is 5.95 Å². The van der Waals surface area contributed by atoms with Crippen molar-refractivity contribution in [2.75, 3.05) is 0 Å². The summed E-state index contributed by atoms with van der Waals surface area (Å²) in [6.45, 7) is 0. The SMILES string of the molecule is O=Cc1ccc(-c2cc(Cl)cc(Cl)c2)nc1F. The molecule has 0 fully saturated rings. The van der Waals surface area contributed by atoms with Gasteiger partial charge in [0.25, 0.3) is 0 Å². The zero-order valence-electron chi connectivity index (χ0n) is 8.45. The number of hydrogen-bond acceptors (Lipinski definition) is 2. The van der Waals surface area contributed by atoms with E-state index >= 15 is 0 Å². The van der Waals surface area contributed by atoms with Gasteiger partial charge in [-0.15, -0.1) is 0 Å². The van der Waals surface area contributed by atoms with Gasteiger partial charge in [-0.3, -0.25) is 4.79 Å². The molecular formula is C12H6Cl2FNO. The summed E-state index contributed by atoms with van der Waals surface area (Å²) in [6, 6.07) is 7.71. The Balaban J connectivity index is 2.53. The van der Waals surface area contributed by atoms with E-state index in [0.29, 0.717) is 27.6 Å². The van der Waals surface area contributed by atoms with Crippen LogP contribution < -0.4 is 0 Å². The fourth-order valence-electron chi connectivity index (χ4n) is 1.40. The lowest BCUT2D eigenvalue weighted by Gasteiger charge is -2.03. The maximum atomic E-state index is 13.3. The molecule has 17 heavy (non-hydrogen) atoms. The molecular weight excluding hydrogens is 264 g/mol. The summed E-state index contributed by atoms with van der Waals surface area (Å²) in [4.78, 5) is 14.1. The van der Waals surface area contributed by atoms with Crippen LogP contribution in [0.1, 0.15) is 10.4 Å². The molecule has 5 heteroatoms. The molecule has 0 radical (unpaired) electrons. The van der Waals surface area contributed by atoms with Crippen molar-refractivity contribution in [1.82, 2.24) is 4.98 Å². The molecule has 1 heterocycles. The van der Waals surface area contributed by atoms with Crippen molar-refractivity contribution in [2.45, 2.75) is 0 Å². The fourth-order valence-corrected chi connectivity index (χ4v) is 1.92. The van der Waals surface area contributed by atoms with Crippen LogP contribution in [0.2, 0.25) is 10.0 Å². The molecule has 2 nitrogen and oxygen atoms in total. The van der Waals surface area contributed by atoms with Crippen LogP contribution in [0.3, 0.4) is 0 Å². The van der Waals surface area contributed by atoms with E-state index in [4.69, 9.17) is 23.2 Å². The molecule has 0 unspecified atom stereocenters. The smallest absolute Gasteiger partial charge is 0.224 e. The number of halogens is 3. The highest BCUT2D eigenvalue weighted by molar-refractivity contribution is 6.35. The van der Waals surface area contributed by atoms with E-state index in [9.17, 15) is 9.18 Å². The first-order chi connectivity index (χ1) is 8.10. The standard InChI is InChI=1S/C12H6Cl2FNO/c13-9-3-8(4-10(14)5-9)11-2-1-7(6-17)12(15)16-11/h1-6H. The molecule has 0 aliphatic heterocycles. The number of rotatable bonds is 2. The van der Waals surface area contributed by atoms with E-state index < -0.39 is 5.95 Å². The molecule has 1 aromatic heterocycles. The van der Waals surface area contributed by atoms with Crippen LogP contribution in [0.15, 0.2) is 30.3 Å². The molecule has 0 bridgehead atoms. The molecule has 86 valence electrons. The van der Waals surface area contributed by atoms with E-state index in [0.717, 1.165) is 0 Å². The largest absolute Gasteiger partial charge is 0.298 e. The molecule has 1 aromatic carbocycles. The van der Waals surface area contributed by atoms with Crippen LogP contribution in [0.5, 0.6) is 0 Å². The van der Waals surface area contributed by atoms with Crippen LogP contribution in [-0.2, 0) is 0 Å². The topological polar surface area (TPSA) is 30.0 Å². The minimum absolute atomic E-state index is 0.0816. The zero-order valence-corrected chi connectivity index (χ0v) is 9.97. The molecule has 2 aromatic rings. The first-order valence-electron chi connectivity index (χ1n) is 4.68. The predicted molar refractivity (Wildman–Crippen MR) is 65.0 cm³/mol. The summed E-state index contributed by atoms with van der Waals surface area (Å²) in [5.74, 6) is -0.811. The number of carbonyl (C=O) groups is 1. The van der Waals surface area contributed by atoms with Gasteiger partial charge in [-0.2, -0.15) is 4.39 Å². The number of pyridine rings is 1. The van der Waals surface area contributed by atoms with Gasteiger partial charge < -0.3 is 0 Å². The number of hydrogen-bond donors (Lipinski definition) is 0. The lowest BCUT2D eigenvalue weighted by Crippen LogP contribution is -1.94. The van der Waals surface area contributed by atoms with Crippen molar-refractivity contribution in [3.8, 4) is 11.3 Å². The Morgan fingerprint density at radius 2 is 1.76 bits per heavy atom. The molecule has 0 atom stereocenters. The minimum atomic E-state index is -0.811. The number of benzene rings is 1. The maximum Gasteiger partial charge on any atom is 0.224 e. The van der Waals surface area contributed by atoms with Gasteiger partial charge in [0, 0.05) is 15.6 Å². The van der Waals surface area contributed by atoms with E-state index in [1.165, 1.54) is 12.1 Å². The van der Waals surface area contributed by atoms with Crippen molar-refractivity contribution < 1.29 is 9.18 Å². The number of aldehydes is 1. The van der Waals surface area contributed by atoms with E-state index in [2.05, 4.69) is 4.98 Å². The number of carbonyl (C=O) groups excluding carboxylic acids is 1. The lowest BCUT2D eigenvalue weighted by molar-refractivity contribution is 0.111. The van der Waals surface area contributed by atoms with Crippen LogP contribution in [0.25, 0.3) is 11.3 Å². The van der Waals surface area contributed by atoms with Crippen molar-refractivity contribution in [3.05, 3.63) is 51.9 Å². The predicted octanol–water partition coefficient (Wildman–Crippen LogP) is 4.01. The van der Waals surface area contributed by atoms with Gasteiger partial charge in [-0.1, -0.05) is 23.2 Å². The Morgan fingerprint density at radius 1 is 1.12 bits per heavy atom. The van der Waals surface area contributed by atoms with Gasteiger partial charge in [-0.25, -0.2) is 4.98 Å². The van der Waals surface area contributed by atoms with Crippen LogP contribution in [0.4, 0.5) is 4.39 Å². The molecule has 0 saturated heterocycles. The minimum Gasteiger partial charge on any atom is -0.298 e. The highest BCUT2D eigenvalue weighted by Gasteiger charge is 2.07. The summed E-state index contributed by atoms with van der Waals surface area (Å²) in [5, 5.41) is 0.878. The van der Waals surface area contributed by atoms with Gasteiger partial charge in [0.05, 0.1) is 11.3 Å². The van der Waals surface area contributed by atoms with Crippen LogP contribution in [0, 0.1) is 5.95 Å². The van der Waals surface area contributed by atoms with Gasteiger partial charge >= 0.3 is 0 Å². The molecule has 0 spiro atoms. The normalized spacial score (nSPS) is 10.3. The third-order valence-electron chi connectivity index (χ3n) is 2.16. The van der Waals surface area contributed by atoms with Crippen molar-refractivity contribution in [1.29, 1.82) is 0 Å². The van der Waals surface area contributed by atoms with Gasteiger partial charge in [-0.05, 0) is 30.3 Å². The van der Waals surface area contributed by atoms with E-state index in [1.54, 1.807) is 18.2 Å². The van der Waals surface area contributed by atoms with E-state index in [1.807, 2.05) is 0 Å². The van der Waals surface area contributed by atoms with Crippen molar-refractivity contribution >= 4 is 29.5 Å². The van der Waals surface area contributed by atoms with Crippen LogP contribution >= 0.6 is 23.2 Å². The highest BCUT2D eigenvalue weighted by atomic mass is 35.5. The third-order valence-corrected chi connectivity index (χ3v) is 2.60. The average Bonchev–Trinajstić information content (AvgIpc) is 2.27. The Hall–Kier alpha value is -1.45.